The number of aryl methyl sites for hydroxylation is 1. The van der Waals surface area contributed by atoms with E-state index in [0.29, 0.717) is 38.5 Å². The molecule has 2 aliphatic heterocycles. The fourth-order valence-electron chi connectivity index (χ4n) is 4.82. The second kappa shape index (κ2) is 10.6. The maximum Gasteiger partial charge on any atom is 0.337 e. The molecule has 0 bridgehead atoms. The number of esters is 1. The first kappa shape index (κ1) is 27.1. The van der Waals surface area contributed by atoms with Crippen molar-refractivity contribution in [1.82, 2.24) is 4.90 Å². The number of hydrogen-bond acceptors (Lipinski definition) is 7. The van der Waals surface area contributed by atoms with Gasteiger partial charge in [0.2, 0.25) is 0 Å². The summed E-state index contributed by atoms with van der Waals surface area (Å²) in [6, 6.07) is 12.0. The molecule has 0 aromatic heterocycles. The number of fused-ring (bicyclic) bond motifs is 2. The Morgan fingerprint density at radius 1 is 0.974 bits per heavy atom. The highest BCUT2D eigenvalue weighted by atomic mass is 35.5. The molecule has 1 saturated heterocycles. The third kappa shape index (κ3) is 5.33. The Bertz CT molecular complexity index is 1540. The number of sulfone groups is 1. The summed E-state index contributed by atoms with van der Waals surface area (Å²) in [6.07, 6.45) is 0. The van der Waals surface area contributed by atoms with E-state index in [2.05, 4.69) is 9.80 Å². The monoisotopic (exact) mass is 594 g/mol. The second-order valence-corrected chi connectivity index (χ2v) is 12.6. The minimum atomic E-state index is -3.83. The smallest absolute Gasteiger partial charge is 0.337 e. The predicted octanol–water partition coefficient (Wildman–Crippen LogP) is 6.14. The summed E-state index contributed by atoms with van der Waals surface area (Å²) >= 11 is 19.0. The van der Waals surface area contributed by atoms with Gasteiger partial charge in [-0.05, 0) is 54.4 Å². The molecule has 2 heterocycles. The van der Waals surface area contributed by atoms with Crippen molar-refractivity contribution in [3.8, 4) is 11.5 Å². The lowest BCUT2D eigenvalue weighted by atomic mass is 10.1. The molecule has 0 saturated carbocycles. The normalized spacial score (nSPS) is 16.7. The number of halogens is 3. The van der Waals surface area contributed by atoms with Gasteiger partial charge in [-0.3, -0.25) is 4.90 Å². The van der Waals surface area contributed by atoms with E-state index < -0.39 is 15.8 Å². The molecule has 3 aromatic carbocycles. The van der Waals surface area contributed by atoms with E-state index in [-0.39, 0.29) is 22.0 Å². The van der Waals surface area contributed by atoms with Crippen LogP contribution in [-0.4, -0.2) is 52.6 Å². The number of rotatable bonds is 4. The van der Waals surface area contributed by atoms with E-state index in [1.807, 2.05) is 24.3 Å². The molecule has 0 N–H and O–H groups in total. The minimum absolute atomic E-state index is 0.0545. The average Bonchev–Trinajstić information content (AvgIpc) is 2.99. The quantitative estimate of drug-likeness (QED) is 0.335. The van der Waals surface area contributed by atoms with Gasteiger partial charge in [-0.15, -0.1) is 0 Å². The number of piperazine rings is 1. The van der Waals surface area contributed by atoms with Gasteiger partial charge in [-0.1, -0.05) is 40.9 Å². The Morgan fingerprint density at radius 3 is 2.39 bits per heavy atom. The molecule has 2 aliphatic rings. The SMILES string of the molecule is COC(=O)c1cc(C)c2c(c1)S(=O)(=O)Cc1cc(N3CCN(Cc4ccc(Cl)cc4Cl)CC3)cc(Cl)c1O2. The molecule has 3 aromatic rings. The Labute approximate surface area is 236 Å². The third-order valence-corrected chi connectivity index (χ3v) is 9.33. The molecule has 0 spiro atoms. The molecule has 0 aliphatic carbocycles. The van der Waals surface area contributed by atoms with Crippen molar-refractivity contribution < 1.29 is 22.7 Å². The molecule has 0 radical (unpaired) electrons. The Balaban J connectivity index is 1.38. The lowest BCUT2D eigenvalue weighted by molar-refractivity contribution is 0.0600. The van der Waals surface area contributed by atoms with Crippen molar-refractivity contribution in [3.63, 3.8) is 0 Å². The van der Waals surface area contributed by atoms with Crippen LogP contribution in [0.4, 0.5) is 5.69 Å². The standard InChI is InChI=1S/C27H25Cl3N2O5S/c1-16-9-18(27(33)36-2)11-24-25(16)37-26-19(15-38(24,34)35)10-21(13-23(26)30)32-7-5-31(6-8-32)14-17-3-4-20(28)12-22(17)29/h3-4,9-13H,5-8,14-15H2,1-2H3. The van der Waals surface area contributed by atoms with Crippen molar-refractivity contribution in [2.75, 3.05) is 38.2 Å². The summed E-state index contributed by atoms with van der Waals surface area (Å²) in [5.74, 6) is -0.448. The lowest BCUT2D eigenvalue weighted by Crippen LogP contribution is -2.46. The zero-order chi connectivity index (χ0) is 27.2. The molecule has 11 heteroatoms. The Hall–Kier alpha value is -2.49. The predicted molar refractivity (Wildman–Crippen MR) is 149 cm³/mol. The topological polar surface area (TPSA) is 76.2 Å². The molecule has 1 fully saturated rings. The van der Waals surface area contributed by atoms with Crippen LogP contribution in [0, 0.1) is 6.92 Å². The number of carbonyl (C=O) groups excluding carboxylic acids is 1. The van der Waals surface area contributed by atoms with Crippen LogP contribution in [0.5, 0.6) is 11.5 Å². The maximum atomic E-state index is 13.4. The van der Waals surface area contributed by atoms with Crippen molar-refractivity contribution in [3.05, 3.63) is 79.8 Å². The first-order chi connectivity index (χ1) is 18.1. The van der Waals surface area contributed by atoms with Crippen molar-refractivity contribution in [1.29, 1.82) is 0 Å². The van der Waals surface area contributed by atoms with E-state index in [9.17, 15) is 13.2 Å². The van der Waals surface area contributed by atoms with Gasteiger partial charge >= 0.3 is 5.97 Å². The minimum Gasteiger partial charge on any atom is -0.465 e. The fraction of sp³-hybridized carbons (Fsp3) is 0.296. The van der Waals surface area contributed by atoms with Gasteiger partial charge in [0.05, 0.1) is 23.4 Å². The molecule has 7 nitrogen and oxygen atoms in total. The highest BCUT2D eigenvalue weighted by Gasteiger charge is 2.32. The van der Waals surface area contributed by atoms with Crippen LogP contribution >= 0.6 is 34.8 Å². The lowest BCUT2D eigenvalue weighted by Gasteiger charge is -2.36. The molecule has 5 rings (SSSR count). The Kier molecular flexibility index (Phi) is 7.55. The number of ether oxygens (including phenoxy) is 2. The molecule has 200 valence electrons. The summed E-state index contributed by atoms with van der Waals surface area (Å²) < 4.78 is 37.7. The van der Waals surface area contributed by atoms with Gasteiger partial charge in [0.15, 0.2) is 9.84 Å². The van der Waals surface area contributed by atoms with Crippen LogP contribution in [0.3, 0.4) is 0 Å². The molecule has 38 heavy (non-hydrogen) atoms. The maximum absolute atomic E-state index is 13.4. The van der Waals surface area contributed by atoms with Gasteiger partial charge in [-0.2, -0.15) is 0 Å². The molecular formula is C27H25Cl3N2O5S. The van der Waals surface area contributed by atoms with E-state index >= 15 is 0 Å². The van der Waals surface area contributed by atoms with E-state index in [4.69, 9.17) is 44.3 Å². The largest absolute Gasteiger partial charge is 0.465 e. The van der Waals surface area contributed by atoms with Crippen LogP contribution < -0.4 is 9.64 Å². The van der Waals surface area contributed by atoms with Gasteiger partial charge in [0.1, 0.15) is 16.4 Å². The highest BCUT2D eigenvalue weighted by Crippen LogP contribution is 2.45. The van der Waals surface area contributed by atoms with Crippen LogP contribution in [0.15, 0.2) is 47.4 Å². The number of hydrogen-bond donors (Lipinski definition) is 0. The summed E-state index contributed by atoms with van der Waals surface area (Å²) in [7, 11) is -2.59. The van der Waals surface area contributed by atoms with Crippen LogP contribution in [0.2, 0.25) is 15.1 Å². The summed E-state index contributed by atoms with van der Waals surface area (Å²) in [4.78, 5) is 16.5. The zero-order valence-electron chi connectivity index (χ0n) is 20.8. The summed E-state index contributed by atoms with van der Waals surface area (Å²) in [6.45, 7) is 5.45. The number of methoxy groups -OCH3 is 1. The molecule has 0 amide bonds. The highest BCUT2D eigenvalue weighted by molar-refractivity contribution is 7.90. The Morgan fingerprint density at radius 2 is 1.71 bits per heavy atom. The zero-order valence-corrected chi connectivity index (χ0v) is 23.8. The second-order valence-electron chi connectivity index (χ2n) is 9.39. The number of benzene rings is 3. The van der Waals surface area contributed by atoms with Gasteiger partial charge in [-0.25, -0.2) is 13.2 Å². The van der Waals surface area contributed by atoms with Crippen LogP contribution in [0.25, 0.3) is 0 Å². The summed E-state index contributed by atoms with van der Waals surface area (Å²) in [5, 5.41) is 1.58. The molecule has 0 atom stereocenters. The van der Waals surface area contributed by atoms with E-state index in [1.54, 1.807) is 19.1 Å². The first-order valence-corrected chi connectivity index (χ1v) is 14.7. The molecule has 0 unspecified atom stereocenters. The molecular weight excluding hydrogens is 571 g/mol. The number of anilines is 1. The van der Waals surface area contributed by atoms with Gasteiger partial charge < -0.3 is 14.4 Å². The van der Waals surface area contributed by atoms with Crippen molar-refractivity contribution in [2.45, 2.75) is 24.1 Å². The number of carbonyl (C=O) groups is 1. The van der Waals surface area contributed by atoms with Crippen molar-refractivity contribution in [2.24, 2.45) is 0 Å². The average molecular weight is 596 g/mol. The number of nitrogens with zero attached hydrogens (tertiary/aromatic N) is 2. The first-order valence-electron chi connectivity index (χ1n) is 11.9. The van der Waals surface area contributed by atoms with Crippen LogP contribution in [-0.2, 0) is 26.9 Å². The van der Waals surface area contributed by atoms with Gasteiger partial charge in [0.25, 0.3) is 0 Å². The van der Waals surface area contributed by atoms with Crippen LogP contribution in [0.1, 0.15) is 27.0 Å². The van der Waals surface area contributed by atoms with E-state index in [1.165, 1.54) is 13.2 Å². The third-order valence-electron chi connectivity index (χ3n) is 6.80. The van der Waals surface area contributed by atoms with Crippen molar-refractivity contribution >= 4 is 56.3 Å². The van der Waals surface area contributed by atoms with Gasteiger partial charge in [0, 0.05) is 54.0 Å². The summed E-state index contributed by atoms with van der Waals surface area (Å²) in [5.41, 5.74) is 2.96. The fourth-order valence-corrected chi connectivity index (χ4v) is 7.13. The van der Waals surface area contributed by atoms with E-state index in [0.717, 1.165) is 37.4 Å².